The summed E-state index contributed by atoms with van der Waals surface area (Å²) in [6.07, 6.45) is 1.64. The molecule has 0 saturated carbocycles. The molecule has 1 aromatic carbocycles. The van der Waals surface area contributed by atoms with Crippen LogP contribution < -0.4 is 5.32 Å². The van der Waals surface area contributed by atoms with Crippen LogP contribution in [0.3, 0.4) is 0 Å². The third kappa shape index (κ3) is 2.61. The van der Waals surface area contributed by atoms with Gasteiger partial charge in [-0.25, -0.2) is 4.79 Å². The van der Waals surface area contributed by atoms with Gasteiger partial charge in [-0.15, -0.1) is 0 Å². The number of fused-ring (bicyclic) bond motifs is 1. The predicted octanol–water partition coefficient (Wildman–Crippen LogP) is 0.548. The molecule has 2 amide bonds. The number of rotatable bonds is 2. The lowest BCUT2D eigenvalue weighted by molar-refractivity contribution is -0.135. The second kappa shape index (κ2) is 5.20. The molecule has 1 aromatic rings. The van der Waals surface area contributed by atoms with Gasteiger partial charge in [0.25, 0.3) is 0 Å². The van der Waals surface area contributed by atoms with Crippen molar-refractivity contribution in [1.29, 1.82) is 0 Å². The number of amides is 2. The fourth-order valence-electron chi connectivity index (χ4n) is 2.90. The van der Waals surface area contributed by atoms with E-state index in [4.69, 9.17) is 5.11 Å². The lowest BCUT2D eigenvalue weighted by atomic mass is 9.97. The Bertz CT molecular complexity index is 626. The number of aromatic carboxylic acids is 1. The quantitative estimate of drug-likeness (QED) is 0.832. The van der Waals surface area contributed by atoms with E-state index in [-0.39, 0.29) is 17.4 Å². The normalized spacial score (nSPS) is 20.9. The van der Waals surface area contributed by atoms with E-state index in [1.165, 1.54) is 0 Å². The fourth-order valence-corrected chi connectivity index (χ4v) is 2.90. The Morgan fingerprint density at radius 3 is 2.71 bits per heavy atom. The number of carboxylic acid groups (broad SMARTS) is 1. The molecule has 110 valence electrons. The lowest BCUT2D eigenvalue weighted by Crippen LogP contribution is -2.46. The number of nitrogens with zero attached hydrogens (tertiary/aromatic N) is 1. The van der Waals surface area contributed by atoms with Gasteiger partial charge in [-0.05, 0) is 36.1 Å². The molecular weight excluding hydrogens is 272 g/mol. The van der Waals surface area contributed by atoms with Crippen molar-refractivity contribution in [2.24, 2.45) is 0 Å². The SMILES string of the molecule is O=C1CCC(C(=O)N2CCc3ccc(C(=O)O)cc3C2)N1. The zero-order valence-electron chi connectivity index (χ0n) is 11.5. The Hall–Kier alpha value is -2.37. The van der Waals surface area contributed by atoms with Crippen LogP contribution in [0.2, 0.25) is 0 Å². The van der Waals surface area contributed by atoms with Crippen LogP contribution in [-0.2, 0) is 22.6 Å². The molecule has 0 spiro atoms. The van der Waals surface area contributed by atoms with Crippen LogP contribution in [0.25, 0.3) is 0 Å². The van der Waals surface area contributed by atoms with Crippen LogP contribution >= 0.6 is 0 Å². The molecule has 1 fully saturated rings. The molecule has 2 N–H and O–H groups in total. The van der Waals surface area contributed by atoms with E-state index in [9.17, 15) is 14.4 Å². The van der Waals surface area contributed by atoms with Gasteiger partial charge in [-0.2, -0.15) is 0 Å². The zero-order chi connectivity index (χ0) is 15.0. The molecule has 6 heteroatoms. The van der Waals surface area contributed by atoms with Crippen LogP contribution in [0.15, 0.2) is 18.2 Å². The van der Waals surface area contributed by atoms with E-state index >= 15 is 0 Å². The van der Waals surface area contributed by atoms with Gasteiger partial charge in [-0.1, -0.05) is 6.07 Å². The number of carbonyl (C=O) groups is 3. The van der Waals surface area contributed by atoms with Crippen molar-refractivity contribution in [3.05, 3.63) is 34.9 Å². The Kier molecular flexibility index (Phi) is 3.37. The van der Waals surface area contributed by atoms with Gasteiger partial charge in [0.15, 0.2) is 0 Å². The second-order valence-corrected chi connectivity index (χ2v) is 5.46. The van der Waals surface area contributed by atoms with Crippen LogP contribution in [-0.4, -0.2) is 40.4 Å². The van der Waals surface area contributed by atoms with E-state index in [0.717, 1.165) is 11.1 Å². The minimum absolute atomic E-state index is 0.0766. The first kappa shape index (κ1) is 13.6. The molecule has 1 saturated heterocycles. The molecule has 6 nitrogen and oxygen atoms in total. The summed E-state index contributed by atoms with van der Waals surface area (Å²) in [6.45, 7) is 1.01. The summed E-state index contributed by atoms with van der Waals surface area (Å²) >= 11 is 0. The Morgan fingerprint density at radius 2 is 2.05 bits per heavy atom. The van der Waals surface area contributed by atoms with Crippen LogP contribution in [0.5, 0.6) is 0 Å². The maximum atomic E-state index is 12.4. The average molecular weight is 288 g/mol. The number of hydrogen-bond donors (Lipinski definition) is 2. The topological polar surface area (TPSA) is 86.7 Å². The molecule has 1 unspecified atom stereocenters. The number of hydrogen-bond acceptors (Lipinski definition) is 3. The minimum atomic E-state index is -0.968. The fraction of sp³-hybridized carbons (Fsp3) is 0.400. The Labute approximate surface area is 121 Å². The molecule has 0 aliphatic carbocycles. The van der Waals surface area contributed by atoms with E-state index < -0.39 is 12.0 Å². The maximum absolute atomic E-state index is 12.4. The minimum Gasteiger partial charge on any atom is -0.478 e. The van der Waals surface area contributed by atoms with Gasteiger partial charge in [-0.3, -0.25) is 9.59 Å². The summed E-state index contributed by atoms with van der Waals surface area (Å²) < 4.78 is 0. The molecule has 2 heterocycles. The van der Waals surface area contributed by atoms with E-state index in [0.29, 0.717) is 32.4 Å². The summed E-state index contributed by atoms with van der Waals surface area (Å²) in [7, 11) is 0. The van der Waals surface area contributed by atoms with Gasteiger partial charge < -0.3 is 15.3 Å². The number of benzene rings is 1. The third-order valence-electron chi connectivity index (χ3n) is 4.07. The van der Waals surface area contributed by atoms with Crippen molar-refractivity contribution >= 4 is 17.8 Å². The summed E-state index contributed by atoms with van der Waals surface area (Å²) in [5, 5.41) is 11.7. The highest BCUT2D eigenvalue weighted by molar-refractivity contribution is 5.91. The van der Waals surface area contributed by atoms with E-state index in [1.54, 1.807) is 17.0 Å². The standard InChI is InChI=1S/C15H16N2O4/c18-13-4-3-12(16-13)14(19)17-6-5-9-1-2-10(15(20)21)7-11(9)8-17/h1-2,7,12H,3-6,8H2,(H,16,18)(H,20,21). The molecular formula is C15H16N2O4. The second-order valence-electron chi connectivity index (χ2n) is 5.46. The van der Waals surface area contributed by atoms with Gasteiger partial charge in [0.1, 0.15) is 6.04 Å². The summed E-state index contributed by atoms with van der Waals surface area (Å²) in [6, 6.07) is 4.61. The summed E-state index contributed by atoms with van der Waals surface area (Å²) in [5.74, 6) is -1.13. The predicted molar refractivity (Wildman–Crippen MR) is 73.7 cm³/mol. The molecule has 0 aromatic heterocycles. The molecule has 0 radical (unpaired) electrons. The zero-order valence-corrected chi connectivity index (χ0v) is 11.5. The molecule has 3 rings (SSSR count). The van der Waals surface area contributed by atoms with Crippen molar-refractivity contribution in [3.8, 4) is 0 Å². The van der Waals surface area contributed by atoms with Crippen molar-refractivity contribution in [2.45, 2.75) is 31.8 Å². The molecule has 1 atom stereocenters. The molecule has 2 aliphatic rings. The number of nitrogens with one attached hydrogen (secondary N) is 1. The van der Waals surface area contributed by atoms with Crippen LogP contribution in [0.4, 0.5) is 0 Å². The van der Waals surface area contributed by atoms with Crippen molar-refractivity contribution in [3.63, 3.8) is 0 Å². The summed E-state index contributed by atoms with van der Waals surface area (Å²) in [5.41, 5.74) is 2.19. The highest BCUT2D eigenvalue weighted by Crippen LogP contribution is 2.22. The number of carboxylic acids is 1. The van der Waals surface area contributed by atoms with Crippen LogP contribution in [0, 0.1) is 0 Å². The summed E-state index contributed by atoms with van der Waals surface area (Å²) in [4.78, 5) is 36.3. The highest BCUT2D eigenvalue weighted by atomic mass is 16.4. The van der Waals surface area contributed by atoms with Gasteiger partial charge in [0, 0.05) is 19.5 Å². The average Bonchev–Trinajstić information content (AvgIpc) is 2.91. The van der Waals surface area contributed by atoms with Gasteiger partial charge in [0.05, 0.1) is 5.56 Å². The molecule has 0 bridgehead atoms. The molecule has 21 heavy (non-hydrogen) atoms. The Morgan fingerprint density at radius 1 is 1.24 bits per heavy atom. The molecule has 2 aliphatic heterocycles. The first-order valence-electron chi connectivity index (χ1n) is 6.98. The lowest BCUT2D eigenvalue weighted by Gasteiger charge is -2.31. The first-order chi connectivity index (χ1) is 10.0. The van der Waals surface area contributed by atoms with Crippen LogP contribution in [0.1, 0.15) is 34.3 Å². The van der Waals surface area contributed by atoms with Gasteiger partial charge in [0.2, 0.25) is 11.8 Å². The third-order valence-corrected chi connectivity index (χ3v) is 4.07. The van der Waals surface area contributed by atoms with Crippen molar-refractivity contribution in [1.82, 2.24) is 10.2 Å². The first-order valence-corrected chi connectivity index (χ1v) is 6.98. The maximum Gasteiger partial charge on any atom is 0.335 e. The van der Waals surface area contributed by atoms with Crippen molar-refractivity contribution < 1.29 is 19.5 Å². The smallest absolute Gasteiger partial charge is 0.335 e. The van der Waals surface area contributed by atoms with Crippen molar-refractivity contribution in [2.75, 3.05) is 6.54 Å². The largest absolute Gasteiger partial charge is 0.478 e. The van der Waals surface area contributed by atoms with E-state index in [1.807, 2.05) is 6.07 Å². The van der Waals surface area contributed by atoms with Gasteiger partial charge >= 0.3 is 5.97 Å². The highest BCUT2D eigenvalue weighted by Gasteiger charge is 2.32. The number of carbonyl (C=O) groups excluding carboxylic acids is 2. The Balaban J connectivity index is 1.77. The monoisotopic (exact) mass is 288 g/mol. The van der Waals surface area contributed by atoms with E-state index in [2.05, 4.69) is 5.32 Å².